The zero-order valence-electron chi connectivity index (χ0n) is 13.5. The van der Waals surface area contributed by atoms with Crippen LogP contribution in [0.5, 0.6) is 5.75 Å². The van der Waals surface area contributed by atoms with Crippen LogP contribution in [-0.2, 0) is 6.42 Å². The van der Waals surface area contributed by atoms with Crippen molar-refractivity contribution >= 4 is 22.8 Å². The summed E-state index contributed by atoms with van der Waals surface area (Å²) in [6.07, 6.45) is 5.10. The fraction of sp³-hybridized carbons (Fsp3) is 0.143. The van der Waals surface area contributed by atoms with Crippen molar-refractivity contribution in [3.8, 4) is 5.75 Å². The van der Waals surface area contributed by atoms with Crippen LogP contribution in [0.4, 0.5) is 0 Å². The van der Waals surface area contributed by atoms with Gasteiger partial charge >= 0.3 is 0 Å². The topological polar surface area (TPSA) is 39.2 Å². The Labute approximate surface area is 140 Å². The predicted molar refractivity (Wildman–Crippen MR) is 95.5 cm³/mol. The minimum atomic E-state index is 0.0913. The lowest BCUT2D eigenvalue weighted by atomic mass is 9.96. The second-order valence-electron chi connectivity index (χ2n) is 5.97. The molecule has 3 nitrogen and oxygen atoms in total. The molecule has 1 heterocycles. The van der Waals surface area contributed by atoms with E-state index in [1.807, 2.05) is 36.4 Å². The van der Waals surface area contributed by atoms with Gasteiger partial charge in [-0.2, -0.15) is 0 Å². The van der Waals surface area contributed by atoms with E-state index in [2.05, 4.69) is 24.3 Å². The zero-order chi connectivity index (χ0) is 16.5. The van der Waals surface area contributed by atoms with Gasteiger partial charge in [0, 0.05) is 17.4 Å². The lowest BCUT2D eigenvalue weighted by molar-refractivity contribution is 0.0990. The number of fused-ring (bicyclic) bond motifs is 2. The van der Waals surface area contributed by atoms with E-state index in [1.165, 1.54) is 5.56 Å². The summed E-state index contributed by atoms with van der Waals surface area (Å²) in [5.74, 6) is 0.940. The van der Waals surface area contributed by atoms with Gasteiger partial charge in [0.25, 0.3) is 0 Å². The van der Waals surface area contributed by atoms with Gasteiger partial charge in [0.05, 0.1) is 12.6 Å². The Kier molecular flexibility index (Phi) is 3.62. The van der Waals surface area contributed by atoms with Gasteiger partial charge < -0.3 is 4.74 Å². The van der Waals surface area contributed by atoms with Crippen LogP contribution in [-0.4, -0.2) is 17.9 Å². The molecule has 0 N–H and O–H groups in total. The van der Waals surface area contributed by atoms with Crippen molar-refractivity contribution in [1.29, 1.82) is 0 Å². The van der Waals surface area contributed by atoms with Crippen LogP contribution in [0, 0.1) is 0 Å². The summed E-state index contributed by atoms with van der Waals surface area (Å²) in [5.41, 5.74) is 4.74. The van der Waals surface area contributed by atoms with E-state index in [0.717, 1.165) is 34.2 Å². The lowest BCUT2D eigenvalue weighted by Crippen LogP contribution is -2.08. The molecule has 2 aromatic carbocycles. The molecule has 3 heteroatoms. The van der Waals surface area contributed by atoms with Crippen LogP contribution < -0.4 is 4.74 Å². The van der Waals surface area contributed by atoms with Crippen LogP contribution in [0.3, 0.4) is 0 Å². The molecule has 0 unspecified atom stereocenters. The van der Waals surface area contributed by atoms with Crippen molar-refractivity contribution in [1.82, 2.24) is 4.98 Å². The number of ketones is 1. The van der Waals surface area contributed by atoms with E-state index in [1.54, 1.807) is 7.11 Å². The van der Waals surface area contributed by atoms with Gasteiger partial charge in [0.2, 0.25) is 0 Å². The highest BCUT2D eigenvalue weighted by atomic mass is 16.5. The normalized spacial score (nSPS) is 13.1. The number of methoxy groups -OCH3 is 1. The SMILES string of the molecule is COc1ccc(Cc2cccc3cc4c(nc23)C(=O)CC=C4)cc1. The van der Waals surface area contributed by atoms with Crippen molar-refractivity contribution in [2.45, 2.75) is 12.8 Å². The molecule has 1 aliphatic rings. The Morgan fingerprint density at radius 2 is 1.96 bits per heavy atom. The molecule has 0 spiro atoms. The van der Waals surface area contributed by atoms with E-state index < -0.39 is 0 Å². The number of ether oxygens (including phenoxy) is 1. The van der Waals surface area contributed by atoms with Crippen LogP contribution in [0.25, 0.3) is 17.0 Å². The van der Waals surface area contributed by atoms with Gasteiger partial charge in [0.1, 0.15) is 11.4 Å². The Bertz CT molecular complexity index is 955. The maximum absolute atomic E-state index is 12.1. The predicted octanol–water partition coefficient (Wildman–Crippen LogP) is 4.43. The first-order valence-electron chi connectivity index (χ1n) is 8.00. The quantitative estimate of drug-likeness (QED) is 0.717. The number of Topliss-reactive ketones (excluding diaryl/α,β-unsaturated/α-hetero) is 1. The molecule has 118 valence electrons. The molecule has 0 fully saturated rings. The molecule has 4 rings (SSSR count). The van der Waals surface area contributed by atoms with Crippen LogP contribution in [0.15, 0.2) is 54.6 Å². The minimum Gasteiger partial charge on any atom is -0.497 e. The number of nitrogens with zero attached hydrogens (tertiary/aromatic N) is 1. The van der Waals surface area contributed by atoms with Gasteiger partial charge in [-0.3, -0.25) is 4.79 Å². The Morgan fingerprint density at radius 1 is 1.12 bits per heavy atom. The summed E-state index contributed by atoms with van der Waals surface area (Å²) in [5, 5.41) is 1.07. The Morgan fingerprint density at radius 3 is 2.75 bits per heavy atom. The van der Waals surface area contributed by atoms with Crippen molar-refractivity contribution in [2.24, 2.45) is 0 Å². The molecule has 0 atom stereocenters. The van der Waals surface area contributed by atoms with Gasteiger partial charge in [-0.15, -0.1) is 0 Å². The average Bonchev–Trinajstić information content (AvgIpc) is 2.62. The van der Waals surface area contributed by atoms with Crippen molar-refractivity contribution in [3.63, 3.8) is 0 Å². The molecule has 0 bridgehead atoms. The number of rotatable bonds is 3. The summed E-state index contributed by atoms with van der Waals surface area (Å²) in [6.45, 7) is 0. The highest BCUT2D eigenvalue weighted by Crippen LogP contribution is 2.26. The smallest absolute Gasteiger partial charge is 0.185 e. The molecule has 1 aromatic heterocycles. The van der Waals surface area contributed by atoms with E-state index in [0.29, 0.717) is 12.1 Å². The third-order valence-electron chi connectivity index (χ3n) is 4.38. The Balaban J connectivity index is 1.79. The van der Waals surface area contributed by atoms with E-state index in [4.69, 9.17) is 9.72 Å². The first-order chi connectivity index (χ1) is 11.7. The summed E-state index contributed by atoms with van der Waals surface area (Å²) in [4.78, 5) is 16.8. The second kappa shape index (κ2) is 5.93. The molecule has 0 aliphatic heterocycles. The number of carbonyl (C=O) groups is 1. The van der Waals surface area contributed by atoms with E-state index in [9.17, 15) is 4.79 Å². The number of benzene rings is 2. The summed E-state index contributed by atoms with van der Waals surface area (Å²) in [6, 6.07) is 16.3. The fourth-order valence-electron chi connectivity index (χ4n) is 3.12. The van der Waals surface area contributed by atoms with Gasteiger partial charge in [-0.1, -0.05) is 42.5 Å². The first kappa shape index (κ1) is 14.6. The summed E-state index contributed by atoms with van der Waals surface area (Å²) >= 11 is 0. The number of aromatic nitrogens is 1. The number of hydrogen-bond acceptors (Lipinski definition) is 3. The van der Waals surface area contributed by atoms with E-state index in [-0.39, 0.29) is 5.78 Å². The van der Waals surface area contributed by atoms with Crippen LogP contribution in [0.1, 0.15) is 33.6 Å². The fourth-order valence-corrected chi connectivity index (χ4v) is 3.12. The van der Waals surface area contributed by atoms with Gasteiger partial charge in [0.15, 0.2) is 5.78 Å². The highest BCUT2D eigenvalue weighted by Gasteiger charge is 2.16. The highest BCUT2D eigenvalue weighted by molar-refractivity contribution is 6.03. The molecule has 0 saturated carbocycles. The lowest BCUT2D eigenvalue weighted by Gasteiger charge is -2.12. The Hall–Kier alpha value is -2.94. The summed E-state index contributed by atoms with van der Waals surface area (Å²) < 4.78 is 5.21. The van der Waals surface area contributed by atoms with Crippen molar-refractivity contribution < 1.29 is 9.53 Å². The molecule has 24 heavy (non-hydrogen) atoms. The molecular formula is C21H17NO2. The molecule has 1 aliphatic carbocycles. The summed E-state index contributed by atoms with van der Waals surface area (Å²) in [7, 11) is 1.66. The van der Waals surface area contributed by atoms with Gasteiger partial charge in [-0.05, 0) is 35.7 Å². The number of allylic oxidation sites excluding steroid dienone is 1. The standard InChI is InChI=1S/C21H17NO2/c1-24-18-10-8-14(9-11-18)12-15-4-2-5-16-13-17-6-3-7-19(23)21(17)22-20(15)16/h2-6,8-11,13H,7,12H2,1H3. The van der Waals surface area contributed by atoms with Crippen LogP contribution in [0.2, 0.25) is 0 Å². The zero-order valence-corrected chi connectivity index (χ0v) is 13.5. The van der Waals surface area contributed by atoms with Gasteiger partial charge in [-0.25, -0.2) is 4.98 Å². The molecule has 0 saturated heterocycles. The third-order valence-corrected chi connectivity index (χ3v) is 4.38. The van der Waals surface area contributed by atoms with Crippen molar-refractivity contribution in [2.75, 3.05) is 7.11 Å². The number of carbonyl (C=O) groups excluding carboxylic acids is 1. The minimum absolute atomic E-state index is 0.0913. The monoisotopic (exact) mass is 315 g/mol. The average molecular weight is 315 g/mol. The molecule has 3 aromatic rings. The molecule has 0 radical (unpaired) electrons. The largest absolute Gasteiger partial charge is 0.497 e. The molecule has 0 amide bonds. The number of pyridine rings is 1. The van der Waals surface area contributed by atoms with Crippen molar-refractivity contribution in [3.05, 3.63) is 77.0 Å². The maximum Gasteiger partial charge on any atom is 0.185 e. The second-order valence-corrected chi connectivity index (χ2v) is 5.97. The first-order valence-corrected chi connectivity index (χ1v) is 8.00. The number of para-hydroxylation sites is 1. The molecular weight excluding hydrogens is 298 g/mol. The number of hydrogen-bond donors (Lipinski definition) is 0. The van der Waals surface area contributed by atoms with Crippen LogP contribution >= 0.6 is 0 Å². The third kappa shape index (κ3) is 2.58. The maximum atomic E-state index is 12.1. The van der Waals surface area contributed by atoms with E-state index >= 15 is 0 Å².